The lowest BCUT2D eigenvalue weighted by Gasteiger charge is -2.33. The van der Waals surface area contributed by atoms with E-state index in [1.165, 1.54) is 31.7 Å². The van der Waals surface area contributed by atoms with Crippen molar-refractivity contribution in [3.63, 3.8) is 0 Å². The van der Waals surface area contributed by atoms with Crippen LogP contribution in [0.5, 0.6) is 11.5 Å². The van der Waals surface area contributed by atoms with Gasteiger partial charge < -0.3 is 10.2 Å². The van der Waals surface area contributed by atoms with E-state index in [0.29, 0.717) is 6.04 Å². The predicted molar refractivity (Wildman–Crippen MR) is 72.8 cm³/mol. The van der Waals surface area contributed by atoms with Gasteiger partial charge in [0.1, 0.15) is 11.5 Å². The molecule has 100 valence electrons. The number of phenolic OH excluding ortho intramolecular Hbond substituents is 2. The van der Waals surface area contributed by atoms with Crippen LogP contribution in [0.2, 0.25) is 0 Å². The Hall–Kier alpha value is -1.22. The minimum atomic E-state index is 0.138. The first-order valence-corrected chi connectivity index (χ1v) is 6.86. The van der Waals surface area contributed by atoms with Gasteiger partial charge in [-0.15, -0.1) is 0 Å². The third kappa shape index (κ3) is 2.96. The van der Waals surface area contributed by atoms with E-state index in [1.54, 1.807) is 12.1 Å². The van der Waals surface area contributed by atoms with E-state index < -0.39 is 0 Å². The van der Waals surface area contributed by atoms with Crippen LogP contribution in [0.3, 0.4) is 0 Å². The van der Waals surface area contributed by atoms with Crippen molar-refractivity contribution in [2.75, 3.05) is 6.54 Å². The monoisotopic (exact) mass is 249 g/mol. The van der Waals surface area contributed by atoms with Gasteiger partial charge in [0.25, 0.3) is 0 Å². The van der Waals surface area contributed by atoms with E-state index in [1.807, 2.05) is 0 Å². The zero-order valence-electron chi connectivity index (χ0n) is 11.3. The molecule has 3 heteroatoms. The normalized spacial score (nSPS) is 23.6. The highest BCUT2D eigenvalue weighted by Crippen LogP contribution is 2.31. The molecule has 0 aromatic heterocycles. The highest BCUT2D eigenvalue weighted by atomic mass is 16.3. The van der Waals surface area contributed by atoms with Crippen molar-refractivity contribution in [2.45, 2.75) is 51.6 Å². The minimum absolute atomic E-state index is 0.138. The first-order valence-electron chi connectivity index (χ1n) is 6.86. The van der Waals surface area contributed by atoms with E-state index in [4.69, 9.17) is 0 Å². The molecule has 0 saturated carbocycles. The first-order chi connectivity index (χ1) is 8.58. The van der Waals surface area contributed by atoms with Crippen LogP contribution in [-0.4, -0.2) is 27.7 Å². The molecule has 0 radical (unpaired) electrons. The van der Waals surface area contributed by atoms with E-state index >= 15 is 0 Å². The van der Waals surface area contributed by atoms with Crippen LogP contribution >= 0.6 is 0 Å². The highest BCUT2D eigenvalue weighted by Gasteiger charge is 2.23. The summed E-state index contributed by atoms with van der Waals surface area (Å²) in [5.41, 5.74) is 0.987. The van der Waals surface area contributed by atoms with Gasteiger partial charge in [-0.25, -0.2) is 0 Å². The van der Waals surface area contributed by atoms with E-state index in [9.17, 15) is 10.2 Å². The Morgan fingerprint density at radius 3 is 2.44 bits per heavy atom. The molecule has 1 aromatic rings. The Morgan fingerprint density at radius 2 is 1.78 bits per heavy atom. The molecule has 2 rings (SSSR count). The molecule has 1 aliphatic rings. The summed E-state index contributed by atoms with van der Waals surface area (Å²) < 4.78 is 0. The molecular formula is C15H23NO2. The second-order valence-corrected chi connectivity index (χ2v) is 5.39. The molecule has 18 heavy (non-hydrogen) atoms. The number of nitrogens with zero attached hydrogens (tertiary/aromatic N) is 1. The summed E-state index contributed by atoms with van der Waals surface area (Å²) in [6, 6.07) is 5.68. The highest BCUT2D eigenvalue weighted by molar-refractivity contribution is 5.38. The van der Waals surface area contributed by atoms with Crippen molar-refractivity contribution >= 4 is 0 Å². The molecular weight excluding hydrogens is 226 g/mol. The average molecular weight is 249 g/mol. The Labute approximate surface area is 109 Å². The Morgan fingerprint density at radius 1 is 1.11 bits per heavy atom. The van der Waals surface area contributed by atoms with Crippen molar-refractivity contribution in [3.05, 3.63) is 23.8 Å². The smallest absolute Gasteiger partial charge is 0.119 e. The maximum atomic E-state index is 9.58. The lowest BCUT2D eigenvalue weighted by atomic mass is 10.0. The molecule has 1 saturated heterocycles. The maximum absolute atomic E-state index is 9.58. The largest absolute Gasteiger partial charge is 0.508 e. The predicted octanol–water partition coefficient (Wildman–Crippen LogP) is 3.42. The van der Waals surface area contributed by atoms with Crippen LogP contribution in [0.25, 0.3) is 0 Å². The number of rotatable bonds is 2. The zero-order chi connectivity index (χ0) is 13.1. The molecule has 1 fully saturated rings. The fourth-order valence-corrected chi connectivity index (χ4v) is 2.92. The van der Waals surface area contributed by atoms with Crippen molar-refractivity contribution in [2.24, 2.45) is 0 Å². The third-order valence-corrected chi connectivity index (χ3v) is 4.01. The molecule has 3 nitrogen and oxygen atoms in total. The van der Waals surface area contributed by atoms with E-state index in [2.05, 4.69) is 18.7 Å². The molecule has 0 spiro atoms. The third-order valence-electron chi connectivity index (χ3n) is 4.01. The van der Waals surface area contributed by atoms with Crippen LogP contribution in [0.15, 0.2) is 18.2 Å². The zero-order valence-corrected chi connectivity index (χ0v) is 11.3. The van der Waals surface area contributed by atoms with Crippen LogP contribution < -0.4 is 0 Å². The van der Waals surface area contributed by atoms with Gasteiger partial charge in [0.05, 0.1) is 0 Å². The Bertz CT molecular complexity index is 385. The number of hydrogen-bond acceptors (Lipinski definition) is 3. The standard InChI is InChI=1S/C15H23NO2/c1-11-6-4-3-5-7-16(11)12(2)13-8-14(17)10-15(18)9-13/h8-12,17-18H,3-7H2,1-2H3. The summed E-state index contributed by atoms with van der Waals surface area (Å²) in [5, 5.41) is 19.2. The van der Waals surface area contributed by atoms with Crippen LogP contribution in [0, 0.1) is 0 Å². The number of benzene rings is 1. The Kier molecular flexibility index (Phi) is 4.12. The molecule has 1 heterocycles. The maximum Gasteiger partial charge on any atom is 0.119 e. The molecule has 0 amide bonds. The lowest BCUT2D eigenvalue weighted by Crippen LogP contribution is -2.34. The van der Waals surface area contributed by atoms with E-state index in [-0.39, 0.29) is 17.5 Å². The Balaban J connectivity index is 2.20. The molecule has 1 aromatic carbocycles. The molecule has 0 aliphatic carbocycles. The number of hydrogen-bond donors (Lipinski definition) is 2. The number of phenols is 2. The quantitative estimate of drug-likeness (QED) is 0.844. The molecule has 2 atom stereocenters. The SMILES string of the molecule is CC1CCCCCN1C(C)c1cc(O)cc(O)c1. The number of likely N-dealkylation sites (tertiary alicyclic amines) is 1. The minimum Gasteiger partial charge on any atom is -0.508 e. The van der Waals surface area contributed by atoms with Gasteiger partial charge in [0, 0.05) is 18.2 Å². The molecule has 2 N–H and O–H groups in total. The van der Waals surface area contributed by atoms with Crippen LogP contribution in [-0.2, 0) is 0 Å². The summed E-state index contributed by atoms with van der Waals surface area (Å²) in [6.45, 7) is 5.51. The van der Waals surface area contributed by atoms with Crippen molar-refractivity contribution < 1.29 is 10.2 Å². The fourth-order valence-electron chi connectivity index (χ4n) is 2.92. The van der Waals surface area contributed by atoms with Crippen molar-refractivity contribution in [1.82, 2.24) is 4.90 Å². The van der Waals surface area contributed by atoms with Gasteiger partial charge >= 0.3 is 0 Å². The topological polar surface area (TPSA) is 43.7 Å². The van der Waals surface area contributed by atoms with Crippen LogP contribution in [0.4, 0.5) is 0 Å². The average Bonchev–Trinajstić information content (AvgIpc) is 2.51. The molecule has 0 bridgehead atoms. The van der Waals surface area contributed by atoms with Gasteiger partial charge in [0.2, 0.25) is 0 Å². The van der Waals surface area contributed by atoms with Gasteiger partial charge in [-0.2, -0.15) is 0 Å². The fraction of sp³-hybridized carbons (Fsp3) is 0.600. The lowest BCUT2D eigenvalue weighted by molar-refractivity contribution is 0.157. The van der Waals surface area contributed by atoms with Gasteiger partial charge in [-0.1, -0.05) is 12.8 Å². The summed E-state index contributed by atoms with van der Waals surface area (Å²) in [5.74, 6) is 0.277. The van der Waals surface area contributed by atoms with Gasteiger partial charge in [0.15, 0.2) is 0 Å². The number of aromatic hydroxyl groups is 2. The molecule has 1 aliphatic heterocycles. The summed E-state index contributed by atoms with van der Waals surface area (Å²) in [7, 11) is 0. The first kappa shape index (κ1) is 13.2. The van der Waals surface area contributed by atoms with Crippen molar-refractivity contribution in [3.8, 4) is 11.5 Å². The molecule has 2 unspecified atom stereocenters. The summed E-state index contributed by atoms with van der Waals surface area (Å²) in [6.07, 6.45) is 5.07. The second-order valence-electron chi connectivity index (χ2n) is 5.39. The van der Waals surface area contributed by atoms with Crippen molar-refractivity contribution in [1.29, 1.82) is 0 Å². The summed E-state index contributed by atoms with van der Waals surface area (Å²) >= 11 is 0. The second kappa shape index (κ2) is 5.61. The van der Waals surface area contributed by atoms with Gasteiger partial charge in [-0.3, -0.25) is 4.90 Å². The van der Waals surface area contributed by atoms with Gasteiger partial charge in [-0.05, 0) is 50.9 Å². The summed E-state index contributed by atoms with van der Waals surface area (Å²) in [4.78, 5) is 2.47. The van der Waals surface area contributed by atoms with Crippen LogP contribution in [0.1, 0.15) is 51.1 Å². The van der Waals surface area contributed by atoms with E-state index in [0.717, 1.165) is 12.1 Å².